The molecule has 0 radical (unpaired) electrons. The van der Waals surface area contributed by atoms with Gasteiger partial charge in [-0.2, -0.15) is 0 Å². The molecule has 5 aliphatic rings. The zero-order chi connectivity index (χ0) is 31.2. The quantitative estimate of drug-likeness (QED) is 0.150. The molecule has 2 nitrogen and oxygen atoms in total. The van der Waals surface area contributed by atoms with Gasteiger partial charge in [0.25, 0.3) is 0 Å². The van der Waals surface area contributed by atoms with Crippen molar-refractivity contribution in [2.75, 3.05) is 6.61 Å². The van der Waals surface area contributed by atoms with Gasteiger partial charge in [-0.05, 0) is 135 Å². The maximum atomic E-state index is 10.2. The molecule has 0 saturated heterocycles. The normalized spacial score (nSPS) is 42.3. The topological polar surface area (TPSA) is 29.5 Å². The number of ether oxygens (including phenoxy) is 1. The van der Waals surface area contributed by atoms with Crippen LogP contribution in [0.2, 0.25) is 0 Å². The molecule has 5 saturated carbocycles. The average Bonchev–Trinajstić information content (AvgIpc) is 3.51. The van der Waals surface area contributed by atoms with Gasteiger partial charge in [0, 0.05) is 6.61 Å². The van der Waals surface area contributed by atoms with Gasteiger partial charge in [0.15, 0.2) is 0 Å². The summed E-state index contributed by atoms with van der Waals surface area (Å²) in [5, 5.41) is 10.2. The molecule has 0 aliphatic heterocycles. The van der Waals surface area contributed by atoms with Crippen molar-refractivity contribution in [3.8, 4) is 0 Å². The van der Waals surface area contributed by atoms with Gasteiger partial charge in [-0.15, -0.1) is 0 Å². The minimum Gasteiger partial charge on any atom is -0.386 e. The molecule has 0 amide bonds. The van der Waals surface area contributed by atoms with Crippen LogP contribution in [0.1, 0.15) is 177 Å². The van der Waals surface area contributed by atoms with Crippen molar-refractivity contribution >= 4 is 0 Å². The zero-order valence-electron chi connectivity index (χ0n) is 30.0. The molecule has 5 fully saturated rings. The minimum absolute atomic E-state index is 0.313. The fraction of sp³-hybridized carbons (Fsp3) is 0.951. The van der Waals surface area contributed by atoms with Crippen LogP contribution in [0.15, 0.2) is 12.2 Å². The maximum Gasteiger partial charge on any atom is 0.0771 e. The van der Waals surface area contributed by atoms with Crippen LogP contribution in [0.25, 0.3) is 0 Å². The van der Waals surface area contributed by atoms with Crippen LogP contribution in [0, 0.1) is 50.7 Å². The first-order valence-electron chi connectivity index (χ1n) is 19.3. The van der Waals surface area contributed by atoms with Gasteiger partial charge in [0.05, 0.1) is 11.7 Å². The van der Waals surface area contributed by atoms with Gasteiger partial charge in [0.2, 0.25) is 0 Å². The highest BCUT2D eigenvalue weighted by molar-refractivity contribution is 5.30. The lowest BCUT2D eigenvalue weighted by Gasteiger charge is -2.63. The molecule has 4 unspecified atom stereocenters. The summed E-state index contributed by atoms with van der Waals surface area (Å²) in [6.07, 6.45) is 31.3. The molecule has 248 valence electrons. The maximum absolute atomic E-state index is 10.2. The van der Waals surface area contributed by atoms with Crippen molar-refractivity contribution in [3.05, 3.63) is 12.2 Å². The second-order valence-corrected chi connectivity index (χ2v) is 18.5. The first-order valence-corrected chi connectivity index (χ1v) is 19.3. The summed E-state index contributed by atoms with van der Waals surface area (Å²) in [6.45, 7) is 20.3. The van der Waals surface area contributed by atoms with Crippen molar-refractivity contribution < 1.29 is 9.84 Å². The molecule has 1 N–H and O–H groups in total. The molecule has 2 heteroatoms. The van der Waals surface area contributed by atoms with Crippen molar-refractivity contribution in [1.29, 1.82) is 0 Å². The number of hydrogen-bond donors (Lipinski definition) is 1. The van der Waals surface area contributed by atoms with Crippen LogP contribution in [-0.4, -0.2) is 23.4 Å². The summed E-state index contributed by atoms with van der Waals surface area (Å²) < 4.78 is 6.78. The fourth-order valence-electron chi connectivity index (χ4n) is 13.0. The van der Waals surface area contributed by atoms with Crippen molar-refractivity contribution in [1.82, 2.24) is 0 Å². The molecule has 0 heterocycles. The number of fused-ring (bicyclic) bond motifs is 2. The third kappa shape index (κ3) is 5.98. The van der Waals surface area contributed by atoms with Crippen molar-refractivity contribution in [3.63, 3.8) is 0 Å². The van der Waals surface area contributed by atoms with Gasteiger partial charge < -0.3 is 9.84 Å². The van der Waals surface area contributed by atoms with E-state index in [1.54, 1.807) is 0 Å². The molecule has 43 heavy (non-hydrogen) atoms. The molecule has 5 rings (SSSR count). The fourth-order valence-corrected chi connectivity index (χ4v) is 13.0. The van der Waals surface area contributed by atoms with Crippen LogP contribution in [0.5, 0.6) is 0 Å². The third-order valence-electron chi connectivity index (χ3n) is 15.4. The van der Waals surface area contributed by atoms with Crippen molar-refractivity contribution in [2.24, 2.45) is 50.7 Å². The van der Waals surface area contributed by atoms with Crippen LogP contribution in [-0.2, 0) is 4.74 Å². The monoisotopic (exact) mass is 597 g/mol. The van der Waals surface area contributed by atoms with E-state index in [2.05, 4.69) is 47.6 Å². The summed E-state index contributed by atoms with van der Waals surface area (Å²) in [6, 6.07) is 0. The predicted octanol–water partition coefficient (Wildman–Crippen LogP) is 11.7. The Morgan fingerprint density at radius 3 is 2.07 bits per heavy atom. The molecule has 9 atom stereocenters. The van der Waals surface area contributed by atoms with Gasteiger partial charge in [-0.1, -0.05) is 105 Å². The highest BCUT2D eigenvalue weighted by atomic mass is 16.5. The summed E-state index contributed by atoms with van der Waals surface area (Å²) in [7, 11) is 0. The lowest BCUT2D eigenvalue weighted by atomic mass is 9.41. The van der Waals surface area contributed by atoms with E-state index >= 15 is 0 Å². The van der Waals surface area contributed by atoms with Gasteiger partial charge in [0.1, 0.15) is 0 Å². The zero-order valence-corrected chi connectivity index (χ0v) is 30.0. The number of aliphatic hydroxyl groups is 1. The molecule has 0 bridgehead atoms. The van der Waals surface area contributed by atoms with E-state index in [1.165, 1.54) is 116 Å². The molecule has 0 aromatic heterocycles. The summed E-state index contributed by atoms with van der Waals surface area (Å²) in [5.41, 5.74) is 1.81. The van der Waals surface area contributed by atoms with E-state index in [4.69, 9.17) is 4.74 Å². The largest absolute Gasteiger partial charge is 0.386 e. The Bertz CT molecular complexity index is 959. The Morgan fingerprint density at radius 1 is 0.767 bits per heavy atom. The van der Waals surface area contributed by atoms with E-state index in [9.17, 15) is 5.11 Å². The third-order valence-corrected chi connectivity index (χ3v) is 15.4. The predicted molar refractivity (Wildman–Crippen MR) is 183 cm³/mol. The van der Waals surface area contributed by atoms with Gasteiger partial charge in [-0.25, -0.2) is 0 Å². The first-order chi connectivity index (χ1) is 20.3. The lowest BCUT2D eigenvalue weighted by molar-refractivity contribution is -0.171. The number of hydrogen-bond acceptors (Lipinski definition) is 2. The highest BCUT2D eigenvalue weighted by Crippen LogP contribution is 2.89. The second kappa shape index (κ2) is 12.7. The number of unbranched alkanes of at least 4 members (excludes halogenated alkanes) is 8. The van der Waals surface area contributed by atoms with E-state index in [0.29, 0.717) is 39.1 Å². The van der Waals surface area contributed by atoms with Crippen LogP contribution in [0.3, 0.4) is 0 Å². The number of rotatable bonds is 15. The Balaban J connectivity index is 1.17. The summed E-state index contributed by atoms with van der Waals surface area (Å²) in [5.74, 6) is 3.29. The van der Waals surface area contributed by atoms with Crippen molar-refractivity contribution in [2.45, 2.75) is 189 Å². The van der Waals surface area contributed by atoms with E-state index in [1.807, 2.05) is 19.9 Å². The van der Waals surface area contributed by atoms with E-state index < -0.39 is 5.60 Å². The minimum atomic E-state index is -0.699. The standard InChI is InChI=1S/C41H72O2/c1-9-10-11-12-13-14-15-16-17-29-43-35-23-26-40-30-41(40)28-27-38(7)32(31(2)19-18-24-36(3,4)42)22-25-39(38,8)34(41)21-20-33(40)37(35,5)6/h18,24,31-35,42H,9-17,19-23,25-30H2,1-8H3/b24-18+/t31-,32-,33?,34?,35+,38-,39+,40?,41?/m1/s1. The first kappa shape index (κ1) is 34.0. The van der Waals surface area contributed by atoms with E-state index in [0.717, 1.165) is 30.8 Å². The van der Waals surface area contributed by atoms with Gasteiger partial charge in [-0.3, -0.25) is 0 Å². The SMILES string of the molecule is CCCCCCCCCCCO[C@H]1CCC23CC24CC[C@]2(C)[C@@H]([C@H](C)C/C=C/C(C)(C)O)CC[C@@]2(C)C4CCC3C1(C)C. The van der Waals surface area contributed by atoms with Gasteiger partial charge >= 0.3 is 0 Å². The van der Waals surface area contributed by atoms with E-state index in [-0.39, 0.29) is 0 Å². The summed E-state index contributed by atoms with van der Waals surface area (Å²) >= 11 is 0. The van der Waals surface area contributed by atoms with Crippen LogP contribution < -0.4 is 0 Å². The second-order valence-electron chi connectivity index (χ2n) is 18.5. The van der Waals surface area contributed by atoms with Crippen LogP contribution in [0.4, 0.5) is 0 Å². The molecular weight excluding hydrogens is 524 g/mol. The Morgan fingerprint density at radius 2 is 1.40 bits per heavy atom. The smallest absolute Gasteiger partial charge is 0.0771 e. The molecule has 0 aromatic carbocycles. The Hall–Kier alpha value is -0.340. The molecule has 2 spiro atoms. The number of allylic oxidation sites excluding steroid dienone is 1. The molecule has 5 aliphatic carbocycles. The average molecular weight is 597 g/mol. The highest BCUT2D eigenvalue weighted by Gasteiger charge is 2.82. The van der Waals surface area contributed by atoms with Crippen LogP contribution >= 0.6 is 0 Å². The Labute approximate surface area is 268 Å². The summed E-state index contributed by atoms with van der Waals surface area (Å²) in [4.78, 5) is 0. The molecular formula is C41H72O2. The Kier molecular flexibility index (Phi) is 10.0. The lowest BCUT2D eigenvalue weighted by Crippen LogP contribution is -2.58. The molecule has 0 aromatic rings.